The molecule has 0 amide bonds. The molecule has 2 aliphatic carbocycles. The summed E-state index contributed by atoms with van der Waals surface area (Å²) in [6.07, 6.45) is 0. The van der Waals surface area contributed by atoms with E-state index < -0.39 is 5.41 Å². The van der Waals surface area contributed by atoms with Crippen LogP contribution in [0.5, 0.6) is 23.0 Å². The summed E-state index contributed by atoms with van der Waals surface area (Å²) < 4.78 is 25.0. The van der Waals surface area contributed by atoms with Gasteiger partial charge < -0.3 is 18.9 Å². The smallest absolute Gasteiger partial charge is 0.161 e. The minimum atomic E-state index is -0.567. The lowest BCUT2D eigenvalue weighted by molar-refractivity contribution is 0.354. The third kappa shape index (κ3) is 2.90. The zero-order valence-electron chi connectivity index (χ0n) is 19.7. The molecule has 0 unspecified atom stereocenters. The highest BCUT2D eigenvalue weighted by atomic mass is 79.9. The standard InChI is InChI=1S/C29H22Br2O4/c1-32-25-11-19-17-7-5-15(30)9-21(17)29(23(19)13-27(25)34-3)22-10-16(31)6-8-18(22)20-12-26(33-2)28(35-4)14-24(20)29/h5-14H,1-4H3. The van der Waals surface area contributed by atoms with Gasteiger partial charge in [0.2, 0.25) is 0 Å². The number of methoxy groups -OCH3 is 4. The second-order valence-electron chi connectivity index (χ2n) is 8.64. The number of hydrogen-bond donors (Lipinski definition) is 0. The number of rotatable bonds is 4. The molecule has 2 aliphatic rings. The Bertz CT molecular complexity index is 1410. The third-order valence-electron chi connectivity index (χ3n) is 7.21. The van der Waals surface area contributed by atoms with E-state index >= 15 is 0 Å². The lowest BCUT2D eigenvalue weighted by Gasteiger charge is -2.31. The Morgan fingerprint density at radius 2 is 0.800 bits per heavy atom. The Labute approximate surface area is 221 Å². The van der Waals surface area contributed by atoms with E-state index in [1.165, 1.54) is 11.1 Å². The van der Waals surface area contributed by atoms with E-state index in [-0.39, 0.29) is 0 Å². The van der Waals surface area contributed by atoms with Crippen molar-refractivity contribution in [3.8, 4) is 45.3 Å². The van der Waals surface area contributed by atoms with Gasteiger partial charge in [-0.05, 0) is 93.0 Å². The zero-order chi connectivity index (χ0) is 24.5. The first-order chi connectivity index (χ1) is 17.0. The van der Waals surface area contributed by atoms with E-state index in [0.717, 1.165) is 42.3 Å². The molecule has 1 spiro atoms. The summed E-state index contributed by atoms with van der Waals surface area (Å²) in [5.41, 5.74) is 8.70. The van der Waals surface area contributed by atoms with Crippen molar-refractivity contribution in [2.24, 2.45) is 0 Å². The van der Waals surface area contributed by atoms with Gasteiger partial charge in [-0.1, -0.05) is 44.0 Å². The molecule has 0 fully saturated rings. The van der Waals surface area contributed by atoms with Crippen LogP contribution in [0.4, 0.5) is 0 Å². The zero-order valence-corrected chi connectivity index (χ0v) is 22.8. The molecule has 0 saturated carbocycles. The minimum Gasteiger partial charge on any atom is -0.493 e. The van der Waals surface area contributed by atoms with Gasteiger partial charge in [0.05, 0.1) is 33.9 Å². The van der Waals surface area contributed by atoms with E-state index in [4.69, 9.17) is 18.9 Å². The lowest BCUT2D eigenvalue weighted by Crippen LogP contribution is -2.26. The van der Waals surface area contributed by atoms with Gasteiger partial charge in [0.15, 0.2) is 23.0 Å². The lowest BCUT2D eigenvalue weighted by atomic mass is 9.70. The first-order valence-corrected chi connectivity index (χ1v) is 12.7. The number of ether oxygens (including phenoxy) is 4. The van der Waals surface area contributed by atoms with Crippen molar-refractivity contribution in [1.82, 2.24) is 0 Å². The molecule has 0 saturated heterocycles. The predicted molar refractivity (Wildman–Crippen MR) is 144 cm³/mol. The minimum absolute atomic E-state index is 0.567. The molecule has 6 heteroatoms. The van der Waals surface area contributed by atoms with E-state index in [0.29, 0.717) is 23.0 Å². The Morgan fingerprint density at radius 1 is 0.457 bits per heavy atom. The van der Waals surface area contributed by atoms with Crippen LogP contribution in [0.25, 0.3) is 22.3 Å². The van der Waals surface area contributed by atoms with E-state index in [2.05, 4.69) is 92.5 Å². The first kappa shape index (κ1) is 22.5. The quantitative estimate of drug-likeness (QED) is 0.211. The molecule has 0 atom stereocenters. The summed E-state index contributed by atoms with van der Waals surface area (Å²) in [6.45, 7) is 0. The van der Waals surface area contributed by atoms with Crippen LogP contribution in [0, 0.1) is 0 Å². The van der Waals surface area contributed by atoms with Gasteiger partial charge in [0.1, 0.15) is 0 Å². The number of benzene rings is 4. The largest absolute Gasteiger partial charge is 0.493 e. The van der Waals surface area contributed by atoms with E-state index in [1.54, 1.807) is 28.4 Å². The van der Waals surface area contributed by atoms with Crippen LogP contribution in [0.15, 0.2) is 69.6 Å². The van der Waals surface area contributed by atoms with E-state index in [1.807, 2.05) is 0 Å². The van der Waals surface area contributed by atoms with Gasteiger partial charge in [0, 0.05) is 8.95 Å². The van der Waals surface area contributed by atoms with Crippen molar-refractivity contribution in [2.75, 3.05) is 28.4 Å². The van der Waals surface area contributed by atoms with Crippen LogP contribution in [-0.4, -0.2) is 28.4 Å². The molecule has 0 N–H and O–H groups in total. The molecule has 0 heterocycles. The van der Waals surface area contributed by atoms with E-state index in [9.17, 15) is 0 Å². The Morgan fingerprint density at radius 3 is 1.17 bits per heavy atom. The van der Waals surface area contributed by atoms with Crippen LogP contribution in [-0.2, 0) is 5.41 Å². The van der Waals surface area contributed by atoms with Crippen molar-refractivity contribution >= 4 is 31.9 Å². The number of halogens is 2. The topological polar surface area (TPSA) is 36.9 Å². The average molecular weight is 594 g/mol. The van der Waals surface area contributed by atoms with Crippen molar-refractivity contribution in [3.63, 3.8) is 0 Å². The molecular weight excluding hydrogens is 572 g/mol. The maximum absolute atomic E-state index is 5.78. The van der Waals surface area contributed by atoms with Crippen molar-refractivity contribution in [3.05, 3.63) is 91.9 Å². The van der Waals surface area contributed by atoms with Crippen molar-refractivity contribution in [1.29, 1.82) is 0 Å². The predicted octanol–water partition coefficient (Wildman–Crippen LogP) is 7.59. The van der Waals surface area contributed by atoms with Crippen LogP contribution < -0.4 is 18.9 Å². The van der Waals surface area contributed by atoms with Crippen LogP contribution in [0.2, 0.25) is 0 Å². The highest BCUT2D eigenvalue weighted by molar-refractivity contribution is 9.10. The van der Waals surface area contributed by atoms with Gasteiger partial charge in [-0.2, -0.15) is 0 Å². The fourth-order valence-electron chi connectivity index (χ4n) is 5.82. The fourth-order valence-corrected chi connectivity index (χ4v) is 6.54. The molecule has 6 rings (SSSR count). The molecule has 4 aromatic rings. The molecule has 176 valence electrons. The Balaban J connectivity index is 1.84. The SMILES string of the molecule is COc1cc2c(cc1OC)C1(c3cc(Br)ccc3-2)c2cc(Br)ccc2-c2cc(OC)c(OC)cc21. The maximum atomic E-state index is 5.78. The molecule has 4 aromatic carbocycles. The molecule has 4 nitrogen and oxygen atoms in total. The number of fused-ring (bicyclic) bond motifs is 10. The van der Waals surface area contributed by atoms with Crippen LogP contribution in [0.1, 0.15) is 22.3 Å². The van der Waals surface area contributed by atoms with Gasteiger partial charge in [-0.15, -0.1) is 0 Å². The highest BCUT2D eigenvalue weighted by Crippen LogP contribution is 2.65. The summed E-state index contributed by atoms with van der Waals surface area (Å²) >= 11 is 7.48. The van der Waals surface area contributed by atoms with Gasteiger partial charge >= 0.3 is 0 Å². The Kier molecular flexibility index (Phi) is 5.17. The van der Waals surface area contributed by atoms with Crippen LogP contribution >= 0.6 is 31.9 Å². The first-order valence-electron chi connectivity index (χ1n) is 11.1. The van der Waals surface area contributed by atoms with Gasteiger partial charge in [0.25, 0.3) is 0 Å². The third-order valence-corrected chi connectivity index (χ3v) is 8.19. The van der Waals surface area contributed by atoms with Gasteiger partial charge in [-0.3, -0.25) is 0 Å². The fraction of sp³-hybridized carbons (Fsp3) is 0.172. The molecule has 35 heavy (non-hydrogen) atoms. The molecule has 0 bridgehead atoms. The van der Waals surface area contributed by atoms with Gasteiger partial charge in [-0.25, -0.2) is 0 Å². The summed E-state index contributed by atoms with van der Waals surface area (Å²) in [7, 11) is 6.70. The van der Waals surface area contributed by atoms with Crippen molar-refractivity contribution < 1.29 is 18.9 Å². The monoisotopic (exact) mass is 592 g/mol. The summed E-state index contributed by atoms with van der Waals surface area (Å²) in [6, 6.07) is 21.4. The summed E-state index contributed by atoms with van der Waals surface area (Å²) in [4.78, 5) is 0. The molecule has 0 aliphatic heterocycles. The second-order valence-corrected chi connectivity index (χ2v) is 10.5. The maximum Gasteiger partial charge on any atom is 0.161 e. The Hall–Kier alpha value is -2.96. The molecule has 0 aromatic heterocycles. The van der Waals surface area contributed by atoms with Crippen molar-refractivity contribution in [2.45, 2.75) is 5.41 Å². The second kappa shape index (κ2) is 8.04. The highest BCUT2D eigenvalue weighted by Gasteiger charge is 2.53. The summed E-state index contributed by atoms with van der Waals surface area (Å²) in [5, 5.41) is 0. The number of hydrogen-bond acceptors (Lipinski definition) is 4. The summed E-state index contributed by atoms with van der Waals surface area (Å²) in [5.74, 6) is 2.81. The normalized spacial score (nSPS) is 13.7. The molecule has 0 radical (unpaired) electrons. The molecular formula is C29H22Br2O4. The van der Waals surface area contributed by atoms with Crippen LogP contribution in [0.3, 0.4) is 0 Å². The average Bonchev–Trinajstić information content (AvgIpc) is 3.31.